The highest BCUT2D eigenvalue weighted by atomic mass is 79.9. The standard InChI is InChI=1S/C18H10BrCl2NO2/c19-13-5-1-3-11(9-13)10-15-18(23)24-16(22-15)8-7-12-4-2-6-14(20)17(12)21/h1-10H/b8-7+,15-10-. The summed E-state index contributed by atoms with van der Waals surface area (Å²) in [6.07, 6.45) is 4.94. The van der Waals surface area contributed by atoms with E-state index in [-0.39, 0.29) is 11.6 Å². The molecule has 1 aliphatic heterocycles. The van der Waals surface area contributed by atoms with Gasteiger partial charge in [0.05, 0.1) is 10.0 Å². The molecule has 1 aliphatic rings. The number of aliphatic imine (C=N–C) groups is 1. The molecule has 0 aromatic heterocycles. The second kappa shape index (κ2) is 7.34. The molecule has 0 unspecified atom stereocenters. The van der Waals surface area contributed by atoms with E-state index < -0.39 is 5.97 Å². The van der Waals surface area contributed by atoms with Crippen LogP contribution in [0.1, 0.15) is 11.1 Å². The number of carbonyl (C=O) groups is 1. The summed E-state index contributed by atoms with van der Waals surface area (Å²) >= 11 is 15.5. The highest BCUT2D eigenvalue weighted by Crippen LogP contribution is 2.27. The molecule has 0 aliphatic carbocycles. The van der Waals surface area contributed by atoms with E-state index >= 15 is 0 Å². The van der Waals surface area contributed by atoms with Crippen LogP contribution in [0, 0.1) is 0 Å². The Morgan fingerprint density at radius 1 is 1.08 bits per heavy atom. The van der Waals surface area contributed by atoms with Gasteiger partial charge in [0, 0.05) is 10.5 Å². The SMILES string of the molecule is O=C1OC(/C=C/c2cccc(Cl)c2Cl)=NC/1=C\c1cccc(Br)c1. The smallest absolute Gasteiger partial charge is 0.363 e. The first-order valence-electron chi connectivity index (χ1n) is 6.93. The Balaban J connectivity index is 1.84. The van der Waals surface area contributed by atoms with Crippen LogP contribution in [-0.2, 0) is 9.53 Å². The average Bonchev–Trinajstić information content (AvgIpc) is 2.89. The molecule has 120 valence electrons. The molecule has 3 rings (SSSR count). The van der Waals surface area contributed by atoms with Crippen LogP contribution >= 0.6 is 39.1 Å². The van der Waals surface area contributed by atoms with Crippen molar-refractivity contribution in [1.82, 2.24) is 0 Å². The zero-order valence-electron chi connectivity index (χ0n) is 12.2. The summed E-state index contributed by atoms with van der Waals surface area (Å²) in [5, 5.41) is 0.893. The van der Waals surface area contributed by atoms with E-state index in [9.17, 15) is 4.79 Å². The van der Waals surface area contributed by atoms with Gasteiger partial charge in [0.25, 0.3) is 0 Å². The van der Waals surface area contributed by atoms with Crippen molar-refractivity contribution in [3.05, 3.63) is 79.9 Å². The zero-order valence-corrected chi connectivity index (χ0v) is 15.3. The molecule has 0 N–H and O–H groups in total. The molecule has 0 saturated heterocycles. The third kappa shape index (κ3) is 3.96. The van der Waals surface area contributed by atoms with Crippen LogP contribution in [-0.4, -0.2) is 11.9 Å². The van der Waals surface area contributed by atoms with Gasteiger partial charge in [-0.3, -0.25) is 0 Å². The summed E-state index contributed by atoms with van der Waals surface area (Å²) in [5.74, 6) is -0.288. The molecular weight excluding hydrogens is 413 g/mol. The van der Waals surface area contributed by atoms with Crippen LogP contribution in [0.4, 0.5) is 0 Å². The van der Waals surface area contributed by atoms with E-state index in [1.165, 1.54) is 0 Å². The second-order valence-corrected chi connectivity index (χ2v) is 6.60. The van der Waals surface area contributed by atoms with Gasteiger partial charge in [-0.05, 0) is 41.5 Å². The number of halogens is 3. The van der Waals surface area contributed by atoms with E-state index in [2.05, 4.69) is 20.9 Å². The van der Waals surface area contributed by atoms with Crippen molar-refractivity contribution in [2.75, 3.05) is 0 Å². The van der Waals surface area contributed by atoms with Gasteiger partial charge < -0.3 is 4.74 Å². The molecule has 6 heteroatoms. The number of ether oxygens (including phenoxy) is 1. The van der Waals surface area contributed by atoms with E-state index in [1.807, 2.05) is 24.3 Å². The maximum atomic E-state index is 11.9. The number of hydrogen-bond donors (Lipinski definition) is 0. The van der Waals surface area contributed by atoms with Crippen molar-refractivity contribution >= 4 is 63.2 Å². The Hall–Kier alpha value is -1.88. The van der Waals surface area contributed by atoms with Gasteiger partial charge in [0.15, 0.2) is 5.70 Å². The molecule has 1 heterocycles. The normalized spacial score (nSPS) is 15.9. The van der Waals surface area contributed by atoms with Crippen molar-refractivity contribution in [3.8, 4) is 0 Å². The fourth-order valence-electron chi connectivity index (χ4n) is 2.06. The Morgan fingerprint density at radius 3 is 2.67 bits per heavy atom. The number of cyclic esters (lactones) is 1. The van der Waals surface area contributed by atoms with Crippen LogP contribution < -0.4 is 0 Å². The first kappa shape index (κ1) is 17.0. The minimum absolute atomic E-state index is 0.206. The molecule has 0 saturated carbocycles. The Labute approximate surface area is 157 Å². The summed E-state index contributed by atoms with van der Waals surface area (Å²) in [4.78, 5) is 16.1. The van der Waals surface area contributed by atoms with Crippen molar-refractivity contribution in [3.63, 3.8) is 0 Å². The summed E-state index contributed by atoms with van der Waals surface area (Å²) in [5.41, 5.74) is 1.81. The summed E-state index contributed by atoms with van der Waals surface area (Å²) < 4.78 is 6.06. The lowest BCUT2D eigenvalue weighted by molar-refractivity contribution is -0.129. The number of nitrogens with zero attached hydrogens (tertiary/aromatic N) is 1. The number of benzene rings is 2. The molecule has 0 amide bonds. The molecule has 24 heavy (non-hydrogen) atoms. The largest absolute Gasteiger partial charge is 0.403 e. The van der Waals surface area contributed by atoms with Crippen LogP contribution in [0.15, 0.2) is 63.7 Å². The van der Waals surface area contributed by atoms with Crippen molar-refractivity contribution in [2.24, 2.45) is 4.99 Å². The fraction of sp³-hybridized carbons (Fsp3) is 0. The van der Waals surface area contributed by atoms with Crippen molar-refractivity contribution in [1.29, 1.82) is 0 Å². The van der Waals surface area contributed by atoms with Crippen LogP contribution in [0.2, 0.25) is 10.0 Å². The quantitative estimate of drug-likeness (QED) is 0.465. The van der Waals surface area contributed by atoms with Gasteiger partial charge in [-0.1, -0.05) is 63.4 Å². The first-order chi connectivity index (χ1) is 11.5. The monoisotopic (exact) mass is 421 g/mol. The molecule has 0 bridgehead atoms. The third-order valence-electron chi connectivity index (χ3n) is 3.18. The minimum Gasteiger partial charge on any atom is -0.403 e. The summed E-state index contributed by atoms with van der Waals surface area (Å²) in [7, 11) is 0. The number of rotatable bonds is 3. The molecule has 2 aromatic carbocycles. The van der Waals surface area contributed by atoms with Gasteiger partial charge in [-0.25, -0.2) is 9.79 Å². The minimum atomic E-state index is -0.494. The first-order valence-corrected chi connectivity index (χ1v) is 8.48. The fourth-order valence-corrected chi connectivity index (χ4v) is 2.85. The Kier molecular flexibility index (Phi) is 5.19. The van der Waals surface area contributed by atoms with Gasteiger partial charge in [0.2, 0.25) is 5.90 Å². The van der Waals surface area contributed by atoms with Gasteiger partial charge in [0.1, 0.15) is 0 Å². The molecule has 3 nitrogen and oxygen atoms in total. The van der Waals surface area contributed by atoms with Gasteiger partial charge in [-0.2, -0.15) is 0 Å². The van der Waals surface area contributed by atoms with Crippen LogP contribution in [0.5, 0.6) is 0 Å². The summed E-state index contributed by atoms with van der Waals surface area (Å²) in [6.45, 7) is 0. The molecule has 0 fully saturated rings. The highest BCUT2D eigenvalue weighted by molar-refractivity contribution is 9.10. The van der Waals surface area contributed by atoms with E-state index in [0.717, 1.165) is 10.0 Å². The highest BCUT2D eigenvalue weighted by Gasteiger charge is 2.21. The van der Waals surface area contributed by atoms with E-state index in [0.29, 0.717) is 15.6 Å². The lowest BCUT2D eigenvalue weighted by atomic mass is 10.2. The topological polar surface area (TPSA) is 38.7 Å². The predicted octanol–water partition coefficient (Wildman–Crippen LogP) is 5.77. The van der Waals surface area contributed by atoms with Crippen LogP contribution in [0.25, 0.3) is 12.2 Å². The predicted molar refractivity (Wildman–Crippen MR) is 101 cm³/mol. The molecule has 0 spiro atoms. The number of carbonyl (C=O) groups excluding carboxylic acids is 1. The third-order valence-corrected chi connectivity index (χ3v) is 4.50. The Bertz CT molecular complexity index is 904. The molecule has 0 atom stereocenters. The number of hydrogen-bond acceptors (Lipinski definition) is 3. The zero-order chi connectivity index (χ0) is 17.1. The number of esters is 1. The summed E-state index contributed by atoms with van der Waals surface area (Å²) in [6, 6.07) is 12.8. The maximum Gasteiger partial charge on any atom is 0.363 e. The van der Waals surface area contributed by atoms with Crippen LogP contribution in [0.3, 0.4) is 0 Å². The molecule has 0 radical (unpaired) electrons. The maximum absolute atomic E-state index is 11.9. The van der Waals surface area contributed by atoms with Crippen molar-refractivity contribution in [2.45, 2.75) is 0 Å². The lowest BCUT2D eigenvalue weighted by Gasteiger charge is -1.99. The van der Waals surface area contributed by atoms with Gasteiger partial charge >= 0.3 is 5.97 Å². The average molecular weight is 423 g/mol. The molecule has 2 aromatic rings. The van der Waals surface area contributed by atoms with Gasteiger partial charge in [-0.15, -0.1) is 0 Å². The second-order valence-electron chi connectivity index (χ2n) is 4.90. The molecular formula is C18H10BrCl2NO2. The van der Waals surface area contributed by atoms with Crippen molar-refractivity contribution < 1.29 is 9.53 Å². The van der Waals surface area contributed by atoms with E-state index in [4.69, 9.17) is 27.9 Å². The lowest BCUT2D eigenvalue weighted by Crippen LogP contribution is -2.01. The van der Waals surface area contributed by atoms with E-state index in [1.54, 1.807) is 36.4 Å². The Morgan fingerprint density at radius 2 is 1.88 bits per heavy atom.